The number of aliphatic hydroxyl groups excluding tert-OH is 1. The lowest BCUT2D eigenvalue weighted by Crippen LogP contribution is -2.41. The van der Waals surface area contributed by atoms with Gasteiger partial charge in [-0.2, -0.15) is 13.2 Å². The van der Waals surface area contributed by atoms with Gasteiger partial charge in [-0.25, -0.2) is 18.4 Å². The van der Waals surface area contributed by atoms with E-state index in [2.05, 4.69) is 9.97 Å². The number of hydrogen-bond donors (Lipinski definition) is 1. The fraction of sp³-hybridized carbons (Fsp3) is 0.429. The molecule has 4 rings (SSSR count). The van der Waals surface area contributed by atoms with Gasteiger partial charge >= 0.3 is 6.18 Å². The number of benzene rings is 1. The first kappa shape index (κ1) is 22.5. The highest BCUT2D eigenvalue weighted by molar-refractivity contribution is 7.90. The lowest BCUT2D eigenvalue weighted by Gasteiger charge is -2.39. The number of anilines is 1. The molecule has 0 bridgehead atoms. The maximum absolute atomic E-state index is 13.2. The Kier molecular flexibility index (Phi) is 5.44. The van der Waals surface area contributed by atoms with Gasteiger partial charge in [0.05, 0.1) is 17.5 Å². The highest BCUT2D eigenvalue weighted by Crippen LogP contribution is 2.39. The zero-order chi connectivity index (χ0) is 23.4. The molecule has 0 radical (unpaired) electrons. The predicted octanol–water partition coefficient (Wildman–Crippen LogP) is 3.56. The summed E-state index contributed by atoms with van der Waals surface area (Å²) in [5.74, 6) is 0.00565. The van der Waals surface area contributed by atoms with Crippen molar-refractivity contribution in [3.63, 3.8) is 0 Å². The summed E-state index contributed by atoms with van der Waals surface area (Å²) < 4.78 is 66.0. The number of nitrogens with zero attached hydrogens (tertiary/aromatic N) is 4. The monoisotopic (exact) mass is 468 g/mol. The number of aliphatic hydroxyl groups is 1. The zero-order valence-corrected chi connectivity index (χ0v) is 18.6. The Balaban J connectivity index is 1.87. The van der Waals surface area contributed by atoms with E-state index in [0.717, 1.165) is 29.6 Å². The number of aromatic nitrogens is 3. The molecule has 172 valence electrons. The van der Waals surface area contributed by atoms with Crippen LogP contribution in [0.1, 0.15) is 36.8 Å². The second-order valence-electron chi connectivity index (χ2n) is 8.29. The van der Waals surface area contributed by atoms with E-state index in [-0.39, 0.29) is 22.8 Å². The van der Waals surface area contributed by atoms with Crippen LogP contribution in [0.3, 0.4) is 0 Å². The molecule has 11 heteroatoms. The smallest absolute Gasteiger partial charge is 0.392 e. The molecular formula is C21H23F3N4O3S. The third kappa shape index (κ3) is 3.83. The molecule has 3 heterocycles. The molecule has 0 saturated carbocycles. The van der Waals surface area contributed by atoms with Crippen molar-refractivity contribution < 1.29 is 26.7 Å². The predicted molar refractivity (Wildman–Crippen MR) is 113 cm³/mol. The largest absolute Gasteiger partial charge is 0.433 e. The van der Waals surface area contributed by atoms with Crippen molar-refractivity contribution in [1.82, 2.24) is 14.5 Å². The molecule has 1 aliphatic heterocycles. The highest BCUT2D eigenvalue weighted by atomic mass is 32.2. The molecule has 0 saturated heterocycles. The lowest BCUT2D eigenvalue weighted by atomic mass is 9.97. The first-order chi connectivity index (χ1) is 14.9. The minimum Gasteiger partial charge on any atom is -0.392 e. The number of sulfone groups is 1. The van der Waals surface area contributed by atoms with Gasteiger partial charge in [0, 0.05) is 42.1 Å². The Bertz CT molecular complexity index is 1290. The standard InChI is InChI=1S/C21H23F3N4O3S/c1-12(2)19-16-9-13-8-14(11-29)17(32(3,30)31)10-15(13)27(16)6-7-28(19)20-25-5-4-18(26-20)21(22,23)24/h4-5,8-10,12,19,29H,6-7,11H2,1-3H3. The van der Waals surface area contributed by atoms with Crippen LogP contribution in [0.2, 0.25) is 0 Å². The molecule has 0 spiro atoms. The van der Waals surface area contributed by atoms with E-state index in [1.807, 2.05) is 24.5 Å². The summed E-state index contributed by atoms with van der Waals surface area (Å²) in [7, 11) is -3.55. The van der Waals surface area contributed by atoms with Gasteiger partial charge in [0.1, 0.15) is 5.69 Å². The second-order valence-corrected chi connectivity index (χ2v) is 10.3. The van der Waals surface area contributed by atoms with Gasteiger partial charge in [-0.1, -0.05) is 13.8 Å². The second kappa shape index (κ2) is 7.73. The highest BCUT2D eigenvalue weighted by Gasteiger charge is 2.36. The van der Waals surface area contributed by atoms with Gasteiger partial charge in [0.15, 0.2) is 9.84 Å². The average Bonchev–Trinajstić information content (AvgIpc) is 3.08. The summed E-state index contributed by atoms with van der Waals surface area (Å²) in [6.45, 7) is 4.27. The molecule has 0 amide bonds. The number of rotatable bonds is 4. The molecule has 1 atom stereocenters. The maximum Gasteiger partial charge on any atom is 0.433 e. The molecule has 0 aliphatic carbocycles. The van der Waals surface area contributed by atoms with Crippen molar-refractivity contribution >= 4 is 26.7 Å². The molecule has 2 aromatic heterocycles. The van der Waals surface area contributed by atoms with Gasteiger partial charge in [-0.05, 0) is 35.7 Å². The van der Waals surface area contributed by atoms with Gasteiger partial charge in [0.25, 0.3) is 0 Å². The Morgan fingerprint density at radius 1 is 1.22 bits per heavy atom. The summed E-state index contributed by atoms with van der Waals surface area (Å²) in [6.07, 6.45) is -2.37. The number of fused-ring (bicyclic) bond motifs is 3. The van der Waals surface area contributed by atoms with Gasteiger partial charge < -0.3 is 14.6 Å². The fourth-order valence-corrected chi connectivity index (χ4v) is 5.32. The molecule has 7 nitrogen and oxygen atoms in total. The molecular weight excluding hydrogens is 445 g/mol. The quantitative estimate of drug-likeness (QED) is 0.630. The van der Waals surface area contributed by atoms with E-state index in [0.29, 0.717) is 24.2 Å². The zero-order valence-electron chi connectivity index (χ0n) is 17.8. The van der Waals surface area contributed by atoms with Crippen LogP contribution in [0.15, 0.2) is 35.4 Å². The van der Waals surface area contributed by atoms with E-state index in [1.54, 1.807) is 17.0 Å². The third-order valence-electron chi connectivity index (χ3n) is 5.71. The lowest BCUT2D eigenvalue weighted by molar-refractivity contribution is -0.141. The van der Waals surface area contributed by atoms with Crippen LogP contribution in [-0.4, -0.2) is 40.9 Å². The molecule has 1 aliphatic rings. The van der Waals surface area contributed by atoms with E-state index >= 15 is 0 Å². The van der Waals surface area contributed by atoms with Gasteiger partial charge in [0.2, 0.25) is 5.95 Å². The molecule has 0 fully saturated rings. The van der Waals surface area contributed by atoms with Crippen LogP contribution in [0.4, 0.5) is 19.1 Å². The summed E-state index contributed by atoms with van der Waals surface area (Å²) in [6, 6.07) is 5.63. The van der Waals surface area contributed by atoms with Crippen molar-refractivity contribution in [3.05, 3.63) is 47.4 Å². The fourth-order valence-electron chi connectivity index (χ4n) is 4.40. The first-order valence-electron chi connectivity index (χ1n) is 10.1. The van der Waals surface area contributed by atoms with Crippen molar-refractivity contribution in [2.24, 2.45) is 5.92 Å². The Morgan fingerprint density at radius 3 is 2.53 bits per heavy atom. The van der Waals surface area contributed by atoms with Crippen molar-refractivity contribution in [3.8, 4) is 0 Å². The summed E-state index contributed by atoms with van der Waals surface area (Å²) in [5, 5.41) is 10.4. The summed E-state index contributed by atoms with van der Waals surface area (Å²) in [4.78, 5) is 9.70. The van der Waals surface area contributed by atoms with Crippen molar-refractivity contribution in [2.75, 3.05) is 17.7 Å². The minimum atomic E-state index is -4.57. The topological polar surface area (TPSA) is 88.3 Å². The molecule has 3 aromatic rings. The molecule has 32 heavy (non-hydrogen) atoms. The van der Waals surface area contributed by atoms with E-state index in [1.165, 1.54) is 0 Å². The number of halogens is 3. The third-order valence-corrected chi connectivity index (χ3v) is 6.89. The first-order valence-corrected chi connectivity index (χ1v) is 11.9. The van der Waals surface area contributed by atoms with E-state index in [4.69, 9.17) is 0 Å². The Labute approximate surface area is 183 Å². The molecule has 1 N–H and O–H groups in total. The van der Waals surface area contributed by atoms with Crippen LogP contribution in [0.5, 0.6) is 0 Å². The van der Waals surface area contributed by atoms with Crippen LogP contribution >= 0.6 is 0 Å². The minimum absolute atomic E-state index is 0.00269. The van der Waals surface area contributed by atoms with Gasteiger partial charge in [-0.3, -0.25) is 0 Å². The van der Waals surface area contributed by atoms with E-state index in [9.17, 15) is 26.7 Å². The molecule has 1 unspecified atom stereocenters. The number of alkyl halides is 3. The van der Waals surface area contributed by atoms with Crippen LogP contribution in [-0.2, 0) is 29.2 Å². The summed E-state index contributed by atoms with van der Waals surface area (Å²) >= 11 is 0. The van der Waals surface area contributed by atoms with Crippen LogP contribution in [0, 0.1) is 5.92 Å². The SMILES string of the molecule is CC(C)C1c2cc3cc(CO)c(S(C)(=O)=O)cc3n2CCN1c1nccc(C(F)(F)F)n1. The van der Waals surface area contributed by atoms with Crippen molar-refractivity contribution in [2.45, 2.75) is 44.1 Å². The van der Waals surface area contributed by atoms with Gasteiger partial charge in [-0.15, -0.1) is 0 Å². The van der Waals surface area contributed by atoms with Crippen LogP contribution in [0.25, 0.3) is 10.9 Å². The van der Waals surface area contributed by atoms with Crippen LogP contribution < -0.4 is 4.90 Å². The average molecular weight is 469 g/mol. The Morgan fingerprint density at radius 2 is 1.94 bits per heavy atom. The number of hydrogen-bond acceptors (Lipinski definition) is 6. The summed E-state index contributed by atoms with van der Waals surface area (Å²) in [5.41, 5.74) is 0.841. The van der Waals surface area contributed by atoms with Crippen molar-refractivity contribution in [1.29, 1.82) is 0 Å². The normalized spacial score (nSPS) is 17.2. The maximum atomic E-state index is 13.2. The van der Waals surface area contributed by atoms with E-state index < -0.39 is 28.3 Å². The molecule has 1 aromatic carbocycles. The Hall–Kier alpha value is -2.66.